The van der Waals surface area contributed by atoms with Gasteiger partial charge in [0, 0.05) is 5.02 Å². The van der Waals surface area contributed by atoms with Crippen LogP contribution < -0.4 is 5.32 Å². The number of hydrogen-bond acceptors (Lipinski definition) is 1. The molecule has 112 valence electrons. The predicted molar refractivity (Wildman–Crippen MR) is 94.2 cm³/mol. The third kappa shape index (κ3) is 4.43. The van der Waals surface area contributed by atoms with Crippen molar-refractivity contribution in [2.24, 2.45) is 0 Å². The predicted octanol–water partition coefficient (Wildman–Crippen LogP) is 7.25. The van der Waals surface area contributed by atoms with Crippen molar-refractivity contribution in [2.45, 2.75) is 25.8 Å². The first-order valence-electron chi connectivity index (χ1n) is 6.67. The SMILES string of the molecule is CCCC(Nc1cc(Cl)c(Cl)cc1Cl)c1ccc(Cl)cc1. The number of benzene rings is 2. The Morgan fingerprint density at radius 1 is 0.905 bits per heavy atom. The van der Waals surface area contributed by atoms with E-state index in [9.17, 15) is 0 Å². The maximum absolute atomic E-state index is 6.23. The maximum atomic E-state index is 6.23. The first kappa shape index (κ1) is 16.8. The average molecular weight is 363 g/mol. The largest absolute Gasteiger partial charge is 0.377 e. The second-order valence-corrected chi connectivity index (χ2v) is 6.44. The van der Waals surface area contributed by atoms with Crippen molar-refractivity contribution in [3.8, 4) is 0 Å². The molecule has 5 heteroatoms. The van der Waals surface area contributed by atoms with Gasteiger partial charge in [-0.15, -0.1) is 0 Å². The molecule has 0 saturated heterocycles. The number of halogens is 4. The summed E-state index contributed by atoms with van der Waals surface area (Å²) in [5, 5.41) is 5.64. The van der Waals surface area contributed by atoms with Gasteiger partial charge in [0.25, 0.3) is 0 Å². The Kier molecular flexibility index (Phi) is 6.07. The first-order valence-corrected chi connectivity index (χ1v) is 8.19. The van der Waals surface area contributed by atoms with Crippen LogP contribution in [0.5, 0.6) is 0 Å². The van der Waals surface area contributed by atoms with E-state index < -0.39 is 0 Å². The van der Waals surface area contributed by atoms with E-state index in [1.165, 1.54) is 0 Å². The van der Waals surface area contributed by atoms with Crippen LogP contribution in [0.2, 0.25) is 20.1 Å². The summed E-state index contributed by atoms with van der Waals surface area (Å²) in [6, 6.07) is 11.4. The van der Waals surface area contributed by atoms with Gasteiger partial charge in [-0.2, -0.15) is 0 Å². The van der Waals surface area contributed by atoms with Gasteiger partial charge in [0.15, 0.2) is 0 Å². The lowest BCUT2D eigenvalue weighted by atomic mass is 10.0. The quantitative estimate of drug-likeness (QED) is 0.552. The second-order valence-electron chi connectivity index (χ2n) is 4.78. The summed E-state index contributed by atoms with van der Waals surface area (Å²) >= 11 is 24.2. The average Bonchev–Trinajstić information content (AvgIpc) is 2.45. The van der Waals surface area contributed by atoms with E-state index in [1.54, 1.807) is 12.1 Å². The minimum atomic E-state index is 0.141. The summed E-state index contributed by atoms with van der Waals surface area (Å²) in [5.41, 5.74) is 1.93. The van der Waals surface area contributed by atoms with Gasteiger partial charge in [-0.25, -0.2) is 0 Å². The number of hydrogen-bond donors (Lipinski definition) is 1. The highest BCUT2D eigenvalue weighted by atomic mass is 35.5. The lowest BCUT2D eigenvalue weighted by molar-refractivity contribution is 0.678. The lowest BCUT2D eigenvalue weighted by Crippen LogP contribution is -2.11. The van der Waals surface area contributed by atoms with Gasteiger partial charge in [0.05, 0.1) is 26.8 Å². The summed E-state index contributed by atoms with van der Waals surface area (Å²) in [7, 11) is 0. The highest BCUT2D eigenvalue weighted by Crippen LogP contribution is 2.35. The van der Waals surface area contributed by atoms with E-state index in [2.05, 4.69) is 12.2 Å². The molecule has 1 nitrogen and oxygen atoms in total. The van der Waals surface area contributed by atoms with E-state index >= 15 is 0 Å². The van der Waals surface area contributed by atoms with Crippen LogP contribution in [0.15, 0.2) is 36.4 Å². The zero-order valence-corrected chi connectivity index (χ0v) is 14.5. The van der Waals surface area contributed by atoms with Gasteiger partial charge in [0.2, 0.25) is 0 Å². The fraction of sp³-hybridized carbons (Fsp3) is 0.250. The molecule has 2 aromatic rings. The summed E-state index contributed by atoms with van der Waals surface area (Å²) in [6.45, 7) is 2.14. The van der Waals surface area contributed by atoms with Crippen LogP contribution in [0.1, 0.15) is 31.4 Å². The van der Waals surface area contributed by atoms with E-state index in [1.807, 2.05) is 24.3 Å². The molecule has 0 aliphatic rings. The van der Waals surface area contributed by atoms with Crippen LogP contribution in [0.3, 0.4) is 0 Å². The summed E-state index contributed by atoms with van der Waals surface area (Å²) in [4.78, 5) is 0. The Morgan fingerprint density at radius 3 is 2.14 bits per heavy atom. The van der Waals surface area contributed by atoms with Crippen molar-refractivity contribution in [3.05, 3.63) is 62.1 Å². The molecular weight excluding hydrogens is 348 g/mol. The Balaban J connectivity index is 2.28. The Hall–Kier alpha value is -0.600. The molecule has 0 spiro atoms. The second kappa shape index (κ2) is 7.60. The van der Waals surface area contributed by atoms with Crippen LogP contribution in [0, 0.1) is 0 Å². The summed E-state index contributed by atoms with van der Waals surface area (Å²) in [5.74, 6) is 0. The molecule has 0 heterocycles. The van der Waals surface area contributed by atoms with Crippen LogP contribution in [0.4, 0.5) is 5.69 Å². The third-order valence-corrected chi connectivity index (χ3v) is 4.48. The smallest absolute Gasteiger partial charge is 0.0653 e. The Morgan fingerprint density at radius 2 is 1.52 bits per heavy atom. The zero-order chi connectivity index (χ0) is 15.4. The Labute approximate surface area is 145 Å². The van der Waals surface area contributed by atoms with Crippen LogP contribution in [-0.2, 0) is 0 Å². The summed E-state index contributed by atoms with van der Waals surface area (Å²) < 4.78 is 0. The van der Waals surface area contributed by atoms with Gasteiger partial charge in [-0.05, 0) is 36.2 Å². The highest BCUT2D eigenvalue weighted by Gasteiger charge is 2.13. The number of anilines is 1. The van der Waals surface area contributed by atoms with Crippen LogP contribution >= 0.6 is 46.4 Å². The van der Waals surface area contributed by atoms with Gasteiger partial charge in [-0.1, -0.05) is 71.9 Å². The normalized spacial score (nSPS) is 12.2. The minimum Gasteiger partial charge on any atom is -0.377 e. The van der Waals surface area contributed by atoms with E-state index in [-0.39, 0.29) is 6.04 Å². The molecule has 1 unspecified atom stereocenters. The van der Waals surface area contributed by atoms with E-state index in [4.69, 9.17) is 46.4 Å². The fourth-order valence-electron chi connectivity index (χ4n) is 2.13. The third-order valence-electron chi connectivity index (χ3n) is 3.19. The van der Waals surface area contributed by atoms with Gasteiger partial charge < -0.3 is 5.32 Å². The zero-order valence-electron chi connectivity index (χ0n) is 11.5. The molecule has 0 aromatic heterocycles. The van der Waals surface area contributed by atoms with Gasteiger partial charge in [0.1, 0.15) is 0 Å². The van der Waals surface area contributed by atoms with E-state index in [0.29, 0.717) is 15.1 Å². The minimum absolute atomic E-state index is 0.141. The van der Waals surface area contributed by atoms with Crippen molar-refractivity contribution in [1.29, 1.82) is 0 Å². The van der Waals surface area contributed by atoms with Crippen molar-refractivity contribution in [2.75, 3.05) is 5.32 Å². The molecule has 0 aliphatic carbocycles. The van der Waals surface area contributed by atoms with Crippen molar-refractivity contribution in [1.82, 2.24) is 0 Å². The van der Waals surface area contributed by atoms with Gasteiger partial charge in [-0.3, -0.25) is 0 Å². The molecule has 2 rings (SSSR count). The number of rotatable bonds is 5. The molecule has 0 fully saturated rings. The molecule has 1 atom stereocenters. The maximum Gasteiger partial charge on any atom is 0.0653 e. The molecule has 0 saturated carbocycles. The topological polar surface area (TPSA) is 12.0 Å². The standard InChI is InChI=1S/C16H15Cl4N/c1-2-3-15(10-4-6-11(17)7-5-10)21-16-9-13(19)12(18)8-14(16)20/h4-9,15,21H,2-3H2,1H3. The van der Waals surface area contributed by atoms with Crippen molar-refractivity contribution in [3.63, 3.8) is 0 Å². The van der Waals surface area contributed by atoms with Gasteiger partial charge >= 0.3 is 0 Å². The van der Waals surface area contributed by atoms with Crippen LogP contribution in [0.25, 0.3) is 0 Å². The Bertz CT molecular complexity index is 610. The molecule has 0 amide bonds. The number of nitrogens with one attached hydrogen (secondary N) is 1. The van der Waals surface area contributed by atoms with Crippen molar-refractivity contribution >= 4 is 52.1 Å². The molecule has 2 aromatic carbocycles. The molecule has 1 N–H and O–H groups in total. The molecule has 0 radical (unpaired) electrons. The van der Waals surface area contributed by atoms with Crippen molar-refractivity contribution < 1.29 is 0 Å². The monoisotopic (exact) mass is 361 g/mol. The summed E-state index contributed by atoms with van der Waals surface area (Å²) in [6.07, 6.45) is 2.01. The first-order chi connectivity index (χ1) is 10.0. The molecule has 0 aliphatic heterocycles. The molecule has 0 bridgehead atoms. The molecular formula is C16H15Cl4N. The highest BCUT2D eigenvalue weighted by molar-refractivity contribution is 6.44. The van der Waals surface area contributed by atoms with E-state index in [0.717, 1.165) is 29.1 Å². The lowest BCUT2D eigenvalue weighted by Gasteiger charge is -2.21. The van der Waals surface area contributed by atoms with Crippen LogP contribution in [-0.4, -0.2) is 0 Å². The fourth-order valence-corrected chi connectivity index (χ4v) is 2.85. The molecule has 21 heavy (non-hydrogen) atoms.